The zero-order valence-electron chi connectivity index (χ0n) is 10.2. The van der Waals surface area contributed by atoms with Crippen LogP contribution in [0.15, 0.2) is 18.2 Å². The number of nitrogens with one attached hydrogen (secondary N) is 1. The molecular weight excluding hydrogens is 198 g/mol. The van der Waals surface area contributed by atoms with Crippen molar-refractivity contribution in [3.05, 3.63) is 29.5 Å². The summed E-state index contributed by atoms with van der Waals surface area (Å²) >= 11 is 0. The van der Waals surface area contributed by atoms with Crippen molar-refractivity contribution in [1.82, 2.24) is 10.2 Å². The molecule has 2 rings (SSSR count). The summed E-state index contributed by atoms with van der Waals surface area (Å²) in [6, 6.07) is 6.36. The molecule has 1 heterocycles. The first-order valence-corrected chi connectivity index (χ1v) is 5.70. The van der Waals surface area contributed by atoms with Crippen molar-refractivity contribution < 1.29 is 0 Å². The Morgan fingerprint density at radius 1 is 1.31 bits per heavy atom. The monoisotopic (exact) mass is 217 g/mol. The summed E-state index contributed by atoms with van der Waals surface area (Å²) in [5.41, 5.74) is 9.18. The molecule has 1 aromatic carbocycles. The Balaban J connectivity index is 2.56. The van der Waals surface area contributed by atoms with Crippen LogP contribution in [0.2, 0.25) is 0 Å². The maximum absolute atomic E-state index is 5.58. The molecule has 86 valence electrons. The first-order valence-electron chi connectivity index (χ1n) is 5.70. The lowest BCUT2D eigenvalue weighted by atomic mass is 9.89. The molecule has 0 saturated carbocycles. The standard InChI is InChI=1S/C13H19N3/c1-13(2,3)12-10-8-9(6-7-14)4-5-11(10)15-16-12/h4-5,8H,6-7,14H2,1-3H3,(H,15,16). The maximum Gasteiger partial charge on any atom is 0.0924 e. The van der Waals surface area contributed by atoms with Gasteiger partial charge in [-0.1, -0.05) is 26.8 Å². The summed E-state index contributed by atoms with van der Waals surface area (Å²) in [4.78, 5) is 0. The molecule has 1 aromatic heterocycles. The molecule has 0 aliphatic rings. The van der Waals surface area contributed by atoms with Crippen molar-refractivity contribution in [2.24, 2.45) is 5.73 Å². The van der Waals surface area contributed by atoms with Crippen LogP contribution in [0.3, 0.4) is 0 Å². The zero-order chi connectivity index (χ0) is 11.8. The average Bonchev–Trinajstić information content (AvgIpc) is 2.60. The fourth-order valence-electron chi connectivity index (χ4n) is 1.95. The van der Waals surface area contributed by atoms with Crippen molar-refractivity contribution >= 4 is 10.9 Å². The SMILES string of the molecule is CC(C)(C)c1[nH]nc2ccc(CCN)cc12. The topological polar surface area (TPSA) is 54.7 Å². The van der Waals surface area contributed by atoms with Crippen molar-refractivity contribution in [1.29, 1.82) is 0 Å². The largest absolute Gasteiger partial charge is 0.330 e. The number of hydrogen-bond donors (Lipinski definition) is 2. The van der Waals surface area contributed by atoms with Crippen LogP contribution in [0.1, 0.15) is 32.0 Å². The summed E-state index contributed by atoms with van der Waals surface area (Å²) in [5, 5.41) is 8.69. The van der Waals surface area contributed by atoms with E-state index in [1.807, 2.05) is 0 Å². The van der Waals surface area contributed by atoms with E-state index in [1.54, 1.807) is 0 Å². The number of nitrogens with zero attached hydrogens (tertiary/aromatic N) is 1. The summed E-state index contributed by atoms with van der Waals surface area (Å²) in [5.74, 6) is 0. The van der Waals surface area contributed by atoms with Crippen LogP contribution in [0.5, 0.6) is 0 Å². The molecule has 3 nitrogen and oxygen atoms in total. The van der Waals surface area contributed by atoms with Crippen LogP contribution < -0.4 is 5.73 Å². The number of nitrogens with two attached hydrogens (primary N) is 1. The molecule has 16 heavy (non-hydrogen) atoms. The number of benzene rings is 1. The predicted molar refractivity (Wildman–Crippen MR) is 67.6 cm³/mol. The molecule has 0 fully saturated rings. The van der Waals surface area contributed by atoms with Gasteiger partial charge in [0.05, 0.1) is 5.52 Å². The molecule has 0 unspecified atom stereocenters. The first-order chi connectivity index (χ1) is 7.52. The molecule has 0 bridgehead atoms. The number of H-pyrrole nitrogens is 1. The van der Waals surface area contributed by atoms with Gasteiger partial charge in [-0.05, 0) is 30.7 Å². The van der Waals surface area contributed by atoms with E-state index in [0.717, 1.165) is 11.9 Å². The minimum absolute atomic E-state index is 0.0933. The molecule has 0 atom stereocenters. The molecule has 2 aromatic rings. The van der Waals surface area contributed by atoms with Gasteiger partial charge in [0.1, 0.15) is 0 Å². The third kappa shape index (κ3) is 1.95. The molecule has 0 radical (unpaired) electrons. The lowest BCUT2D eigenvalue weighted by Crippen LogP contribution is -2.12. The van der Waals surface area contributed by atoms with Gasteiger partial charge < -0.3 is 5.73 Å². The maximum atomic E-state index is 5.58. The van der Waals surface area contributed by atoms with Gasteiger partial charge >= 0.3 is 0 Å². The quantitative estimate of drug-likeness (QED) is 0.811. The summed E-state index contributed by atoms with van der Waals surface area (Å²) in [6.45, 7) is 7.26. The van der Waals surface area contributed by atoms with Crippen LogP contribution in [0, 0.1) is 0 Å². The third-order valence-corrected chi connectivity index (χ3v) is 2.80. The lowest BCUT2D eigenvalue weighted by Gasteiger charge is -2.16. The van der Waals surface area contributed by atoms with Crippen molar-refractivity contribution in [2.75, 3.05) is 6.54 Å². The molecule has 0 amide bonds. The summed E-state index contributed by atoms with van der Waals surface area (Å²) < 4.78 is 0. The van der Waals surface area contributed by atoms with Crippen LogP contribution in [-0.4, -0.2) is 16.7 Å². The van der Waals surface area contributed by atoms with Gasteiger partial charge in [-0.2, -0.15) is 5.10 Å². The molecular formula is C13H19N3. The molecule has 3 heteroatoms. The minimum atomic E-state index is 0.0933. The van der Waals surface area contributed by atoms with E-state index in [0.29, 0.717) is 6.54 Å². The average molecular weight is 217 g/mol. The number of aromatic nitrogens is 2. The number of rotatable bonds is 2. The van der Waals surface area contributed by atoms with E-state index in [1.165, 1.54) is 16.6 Å². The van der Waals surface area contributed by atoms with Crippen LogP contribution in [0.25, 0.3) is 10.9 Å². The van der Waals surface area contributed by atoms with E-state index in [-0.39, 0.29) is 5.41 Å². The third-order valence-electron chi connectivity index (χ3n) is 2.80. The van der Waals surface area contributed by atoms with Gasteiger partial charge in [0.2, 0.25) is 0 Å². The number of aromatic amines is 1. The Kier molecular flexibility index (Phi) is 2.72. The number of fused-ring (bicyclic) bond motifs is 1. The Morgan fingerprint density at radius 2 is 2.06 bits per heavy atom. The Hall–Kier alpha value is -1.35. The normalized spacial score (nSPS) is 12.2. The molecule has 3 N–H and O–H groups in total. The van der Waals surface area contributed by atoms with Gasteiger partial charge in [-0.15, -0.1) is 0 Å². The van der Waals surface area contributed by atoms with Gasteiger partial charge in [-0.25, -0.2) is 0 Å². The van der Waals surface area contributed by atoms with Crippen molar-refractivity contribution in [2.45, 2.75) is 32.6 Å². The Bertz CT molecular complexity index is 491. The Morgan fingerprint density at radius 3 is 2.69 bits per heavy atom. The lowest BCUT2D eigenvalue weighted by molar-refractivity contribution is 0.571. The second kappa shape index (κ2) is 3.91. The number of hydrogen-bond acceptors (Lipinski definition) is 2. The van der Waals surface area contributed by atoms with E-state index >= 15 is 0 Å². The molecule has 0 spiro atoms. The highest BCUT2D eigenvalue weighted by molar-refractivity contribution is 5.83. The second-order valence-electron chi connectivity index (χ2n) is 5.24. The summed E-state index contributed by atoms with van der Waals surface area (Å²) in [6.07, 6.45) is 0.921. The van der Waals surface area contributed by atoms with E-state index in [2.05, 4.69) is 49.2 Å². The first kappa shape index (κ1) is 11.1. The van der Waals surface area contributed by atoms with E-state index in [4.69, 9.17) is 5.73 Å². The summed E-state index contributed by atoms with van der Waals surface area (Å²) in [7, 11) is 0. The van der Waals surface area contributed by atoms with Gasteiger partial charge in [0, 0.05) is 16.5 Å². The van der Waals surface area contributed by atoms with Crippen LogP contribution >= 0.6 is 0 Å². The highest BCUT2D eigenvalue weighted by Crippen LogP contribution is 2.28. The fourth-order valence-corrected chi connectivity index (χ4v) is 1.95. The van der Waals surface area contributed by atoms with Gasteiger partial charge in [0.15, 0.2) is 0 Å². The highest BCUT2D eigenvalue weighted by Gasteiger charge is 2.19. The van der Waals surface area contributed by atoms with Crippen LogP contribution in [-0.2, 0) is 11.8 Å². The van der Waals surface area contributed by atoms with Crippen molar-refractivity contribution in [3.8, 4) is 0 Å². The Labute approximate surface area is 96.0 Å². The molecule has 0 saturated heterocycles. The van der Waals surface area contributed by atoms with Crippen LogP contribution in [0.4, 0.5) is 0 Å². The van der Waals surface area contributed by atoms with E-state index < -0.39 is 0 Å². The smallest absolute Gasteiger partial charge is 0.0924 e. The fraction of sp³-hybridized carbons (Fsp3) is 0.462. The molecule has 0 aliphatic heterocycles. The zero-order valence-corrected chi connectivity index (χ0v) is 10.2. The second-order valence-corrected chi connectivity index (χ2v) is 5.24. The van der Waals surface area contributed by atoms with Gasteiger partial charge in [0.25, 0.3) is 0 Å². The van der Waals surface area contributed by atoms with E-state index in [9.17, 15) is 0 Å². The van der Waals surface area contributed by atoms with Gasteiger partial charge in [-0.3, -0.25) is 5.10 Å². The minimum Gasteiger partial charge on any atom is -0.330 e. The predicted octanol–water partition coefficient (Wildman–Crippen LogP) is 2.36. The highest BCUT2D eigenvalue weighted by atomic mass is 15.1. The van der Waals surface area contributed by atoms with Crippen molar-refractivity contribution in [3.63, 3.8) is 0 Å². The molecule has 0 aliphatic carbocycles.